The van der Waals surface area contributed by atoms with Crippen LogP contribution in [0.2, 0.25) is 0 Å². The molecule has 0 saturated carbocycles. The summed E-state index contributed by atoms with van der Waals surface area (Å²) in [5, 5.41) is 2.05. The zero-order valence-corrected chi connectivity index (χ0v) is 16.9. The molecule has 2 amide bonds. The van der Waals surface area contributed by atoms with E-state index < -0.39 is 0 Å². The third-order valence-electron chi connectivity index (χ3n) is 4.62. The molecule has 6 heteroatoms. The number of amides is 2. The molecule has 138 valence electrons. The van der Waals surface area contributed by atoms with Crippen molar-refractivity contribution in [1.82, 2.24) is 9.80 Å². The number of thiophene rings is 1. The molecule has 4 nitrogen and oxygen atoms in total. The lowest BCUT2D eigenvalue weighted by Gasteiger charge is -2.19. The van der Waals surface area contributed by atoms with Gasteiger partial charge < -0.3 is 9.80 Å². The van der Waals surface area contributed by atoms with Crippen molar-refractivity contribution in [2.75, 3.05) is 25.9 Å². The highest BCUT2D eigenvalue weighted by Crippen LogP contribution is 2.26. The van der Waals surface area contributed by atoms with Crippen molar-refractivity contribution >= 4 is 34.9 Å². The van der Waals surface area contributed by atoms with Crippen molar-refractivity contribution in [2.24, 2.45) is 0 Å². The van der Waals surface area contributed by atoms with Crippen LogP contribution in [0.25, 0.3) is 0 Å². The van der Waals surface area contributed by atoms with Gasteiger partial charge in [0.25, 0.3) is 5.91 Å². The van der Waals surface area contributed by atoms with E-state index in [-0.39, 0.29) is 11.8 Å². The van der Waals surface area contributed by atoms with E-state index in [9.17, 15) is 9.59 Å². The van der Waals surface area contributed by atoms with Gasteiger partial charge in [-0.2, -0.15) is 0 Å². The van der Waals surface area contributed by atoms with Crippen LogP contribution in [0.3, 0.4) is 0 Å². The number of hydrogen-bond acceptors (Lipinski definition) is 4. The van der Waals surface area contributed by atoms with Crippen molar-refractivity contribution in [3.8, 4) is 0 Å². The van der Waals surface area contributed by atoms with Gasteiger partial charge in [0, 0.05) is 29.9 Å². The Kier molecular flexibility index (Phi) is 6.38. The molecule has 1 aromatic heterocycles. The summed E-state index contributed by atoms with van der Waals surface area (Å²) in [4.78, 5) is 31.0. The molecular weight excluding hydrogens is 364 g/mol. The molecule has 0 spiro atoms. The van der Waals surface area contributed by atoms with E-state index in [1.165, 1.54) is 22.2 Å². The number of rotatable bonds is 6. The summed E-state index contributed by atoms with van der Waals surface area (Å²) in [5.74, 6) is 0.546. The first-order valence-electron chi connectivity index (χ1n) is 8.84. The number of thioether (sulfide) groups is 1. The SMILES string of the molecule is Cc1ccsc1CN(C)C(=O)c1ccccc1SCC(=O)N1CCCC1. The molecule has 0 bridgehead atoms. The average molecular weight is 389 g/mol. The minimum atomic E-state index is -0.00507. The quantitative estimate of drug-likeness (QED) is 0.701. The Morgan fingerprint density at radius 1 is 1.19 bits per heavy atom. The maximum atomic E-state index is 12.9. The van der Waals surface area contributed by atoms with Crippen molar-refractivity contribution in [1.29, 1.82) is 0 Å². The Balaban J connectivity index is 1.66. The first-order valence-corrected chi connectivity index (χ1v) is 10.7. The zero-order chi connectivity index (χ0) is 18.5. The molecule has 2 aromatic rings. The zero-order valence-electron chi connectivity index (χ0n) is 15.2. The van der Waals surface area contributed by atoms with Gasteiger partial charge in [-0.1, -0.05) is 12.1 Å². The predicted octanol–water partition coefficient (Wildman–Crippen LogP) is 4.04. The topological polar surface area (TPSA) is 40.6 Å². The van der Waals surface area contributed by atoms with Gasteiger partial charge in [-0.15, -0.1) is 23.1 Å². The standard InChI is InChI=1S/C20H24N2O2S2/c1-15-9-12-25-18(15)13-21(2)20(24)16-7-3-4-8-17(16)26-14-19(23)22-10-5-6-11-22/h3-4,7-9,12H,5-6,10-11,13-14H2,1-2H3. The number of hydrogen-bond donors (Lipinski definition) is 0. The molecule has 0 unspecified atom stereocenters. The smallest absolute Gasteiger partial charge is 0.255 e. The maximum Gasteiger partial charge on any atom is 0.255 e. The predicted molar refractivity (Wildman–Crippen MR) is 108 cm³/mol. The molecule has 1 saturated heterocycles. The van der Waals surface area contributed by atoms with Crippen LogP contribution in [0.4, 0.5) is 0 Å². The molecule has 1 aliphatic heterocycles. The second-order valence-electron chi connectivity index (χ2n) is 6.56. The average Bonchev–Trinajstić information content (AvgIpc) is 3.32. The second kappa shape index (κ2) is 8.73. The van der Waals surface area contributed by atoms with Crippen molar-refractivity contribution in [2.45, 2.75) is 31.2 Å². The molecule has 1 aliphatic rings. The largest absolute Gasteiger partial charge is 0.342 e. The van der Waals surface area contributed by atoms with E-state index in [0.29, 0.717) is 17.9 Å². The Hall–Kier alpha value is -1.79. The third-order valence-corrected chi connectivity index (χ3v) is 6.69. The number of carbonyl (C=O) groups is 2. The fourth-order valence-electron chi connectivity index (χ4n) is 3.03. The lowest BCUT2D eigenvalue weighted by molar-refractivity contribution is -0.127. The molecular formula is C20H24N2O2S2. The molecule has 2 heterocycles. The summed E-state index contributed by atoms with van der Waals surface area (Å²) in [6.07, 6.45) is 2.19. The van der Waals surface area contributed by atoms with Crippen LogP contribution >= 0.6 is 23.1 Å². The van der Waals surface area contributed by atoms with Crippen LogP contribution in [0.15, 0.2) is 40.6 Å². The van der Waals surface area contributed by atoms with Crippen LogP contribution < -0.4 is 0 Å². The highest BCUT2D eigenvalue weighted by molar-refractivity contribution is 8.00. The molecule has 0 N–H and O–H groups in total. The molecule has 3 rings (SSSR count). The minimum absolute atomic E-state index is 0.00507. The summed E-state index contributed by atoms with van der Waals surface area (Å²) < 4.78 is 0. The molecule has 0 radical (unpaired) electrons. The summed E-state index contributed by atoms with van der Waals surface area (Å²) in [6.45, 7) is 4.40. The Labute approximate surface area is 163 Å². The van der Waals surface area contributed by atoms with E-state index >= 15 is 0 Å². The van der Waals surface area contributed by atoms with Gasteiger partial charge in [0.05, 0.1) is 17.9 Å². The fourth-order valence-corrected chi connectivity index (χ4v) is 4.93. The number of carbonyl (C=O) groups excluding carboxylic acids is 2. The summed E-state index contributed by atoms with van der Waals surface area (Å²) in [7, 11) is 1.83. The van der Waals surface area contributed by atoms with Gasteiger partial charge in [-0.3, -0.25) is 9.59 Å². The lowest BCUT2D eigenvalue weighted by Crippen LogP contribution is -2.29. The number of nitrogens with zero attached hydrogens (tertiary/aromatic N) is 2. The first-order chi connectivity index (χ1) is 12.6. The Morgan fingerprint density at radius 3 is 2.62 bits per heavy atom. The summed E-state index contributed by atoms with van der Waals surface area (Å²) in [6, 6.07) is 9.65. The number of aryl methyl sites for hydroxylation is 1. The third kappa shape index (κ3) is 4.48. The fraction of sp³-hybridized carbons (Fsp3) is 0.400. The molecule has 1 aromatic carbocycles. The summed E-state index contributed by atoms with van der Waals surface area (Å²) in [5.41, 5.74) is 1.89. The maximum absolute atomic E-state index is 12.9. The van der Waals surface area contributed by atoms with Crippen molar-refractivity contribution in [3.05, 3.63) is 51.7 Å². The van der Waals surface area contributed by atoms with E-state index in [1.807, 2.05) is 36.2 Å². The Bertz CT molecular complexity index is 782. The van der Waals surface area contributed by atoms with E-state index in [0.717, 1.165) is 30.8 Å². The number of likely N-dealkylation sites (tertiary alicyclic amines) is 1. The van der Waals surface area contributed by atoms with Gasteiger partial charge >= 0.3 is 0 Å². The molecule has 0 aliphatic carbocycles. The van der Waals surface area contributed by atoms with E-state index in [2.05, 4.69) is 18.4 Å². The van der Waals surface area contributed by atoms with Crippen LogP contribution in [-0.2, 0) is 11.3 Å². The van der Waals surface area contributed by atoms with Crippen molar-refractivity contribution in [3.63, 3.8) is 0 Å². The first kappa shape index (κ1) is 19.0. The van der Waals surface area contributed by atoms with Gasteiger partial charge in [0.1, 0.15) is 0 Å². The lowest BCUT2D eigenvalue weighted by atomic mass is 10.2. The highest BCUT2D eigenvalue weighted by atomic mass is 32.2. The van der Waals surface area contributed by atoms with Gasteiger partial charge in [-0.25, -0.2) is 0 Å². The van der Waals surface area contributed by atoms with Crippen LogP contribution in [0, 0.1) is 6.92 Å². The minimum Gasteiger partial charge on any atom is -0.342 e. The van der Waals surface area contributed by atoms with E-state index in [4.69, 9.17) is 0 Å². The Morgan fingerprint density at radius 2 is 1.92 bits per heavy atom. The second-order valence-corrected chi connectivity index (χ2v) is 8.58. The van der Waals surface area contributed by atoms with Crippen molar-refractivity contribution < 1.29 is 9.59 Å². The number of benzene rings is 1. The van der Waals surface area contributed by atoms with Crippen LogP contribution in [-0.4, -0.2) is 47.5 Å². The van der Waals surface area contributed by atoms with Crippen LogP contribution in [0.1, 0.15) is 33.6 Å². The van der Waals surface area contributed by atoms with Gasteiger partial charge in [-0.05, 0) is 48.9 Å². The normalized spacial score (nSPS) is 13.8. The van der Waals surface area contributed by atoms with Crippen LogP contribution in [0.5, 0.6) is 0 Å². The monoisotopic (exact) mass is 388 g/mol. The van der Waals surface area contributed by atoms with E-state index in [1.54, 1.807) is 16.2 Å². The summed E-state index contributed by atoms with van der Waals surface area (Å²) >= 11 is 3.14. The molecule has 26 heavy (non-hydrogen) atoms. The molecule has 0 atom stereocenters. The van der Waals surface area contributed by atoms with Gasteiger partial charge in [0.2, 0.25) is 5.91 Å². The highest BCUT2D eigenvalue weighted by Gasteiger charge is 2.20. The van der Waals surface area contributed by atoms with Gasteiger partial charge in [0.15, 0.2) is 0 Å². The molecule has 1 fully saturated rings.